The fraction of sp³-hybridized carbons (Fsp3) is 0.381. The lowest BCUT2D eigenvalue weighted by Crippen LogP contribution is -2.30. The van der Waals surface area contributed by atoms with E-state index in [0.29, 0.717) is 59.9 Å². The first-order valence-electron chi connectivity index (χ1n) is 9.80. The van der Waals surface area contributed by atoms with E-state index in [-0.39, 0.29) is 11.7 Å². The first-order valence-corrected chi connectivity index (χ1v) is 10.2. The summed E-state index contributed by atoms with van der Waals surface area (Å²) in [4.78, 5) is 14.8. The van der Waals surface area contributed by atoms with Crippen molar-refractivity contribution >= 4 is 17.5 Å². The van der Waals surface area contributed by atoms with E-state index in [0.717, 1.165) is 12.8 Å². The number of aromatic nitrogens is 3. The van der Waals surface area contributed by atoms with E-state index in [9.17, 15) is 9.18 Å². The predicted molar refractivity (Wildman–Crippen MR) is 108 cm³/mol. The summed E-state index contributed by atoms with van der Waals surface area (Å²) in [6.45, 7) is 3.98. The molecule has 1 fully saturated rings. The molecule has 0 spiro atoms. The highest BCUT2D eigenvalue weighted by Gasteiger charge is 2.31. The summed E-state index contributed by atoms with van der Waals surface area (Å²) >= 11 is 5.93. The highest BCUT2D eigenvalue weighted by atomic mass is 35.5. The Morgan fingerprint density at radius 2 is 2.17 bits per heavy atom. The molecule has 158 valence electrons. The summed E-state index contributed by atoms with van der Waals surface area (Å²) in [5.74, 6) is 1.15. The molecule has 1 aromatic carbocycles. The number of ether oxygens (including phenoxy) is 1. The van der Waals surface area contributed by atoms with Crippen molar-refractivity contribution < 1.29 is 18.4 Å². The van der Waals surface area contributed by atoms with Gasteiger partial charge in [-0.05, 0) is 49.9 Å². The number of likely N-dealkylation sites (tertiary alicyclic amines) is 1. The summed E-state index contributed by atoms with van der Waals surface area (Å²) in [6.07, 6.45) is 4.96. The molecule has 0 saturated carbocycles. The zero-order valence-corrected chi connectivity index (χ0v) is 17.3. The molecule has 7 nitrogen and oxygen atoms in total. The van der Waals surface area contributed by atoms with Gasteiger partial charge in [-0.1, -0.05) is 16.8 Å². The summed E-state index contributed by atoms with van der Waals surface area (Å²) < 4.78 is 25.6. The van der Waals surface area contributed by atoms with Gasteiger partial charge in [-0.25, -0.2) is 4.39 Å². The topological polar surface area (TPSA) is 73.4 Å². The molecule has 3 heterocycles. The largest absolute Gasteiger partial charge is 0.494 e. The molecule has 1 aliphatic heterocycles. The van der Waals surface area contributed by atoms with E-state index in [4.69, 9.17) is 20.9 Å². The summed E-state index contributed by atoms with van der Waals surface area (Å²) in [6, 6.07) is 5.97. The maximum absolute atomic E-state index is 13.0. The molecule has 1 saturated heterocycles. The molecule has 1 unspecified atom stereocenters. The number of hydrogen-bond donors (Lipinski definition) is 0. The Hall–Kier alpha value is -2.87. The number of halogens is 2. The van der Waals surface area contributed by atoms with Gasteiger partial charge in [-0.15, -0.1) is 0 Å². The zero-order chi connectivity index (χ0) is 21.1. The highest BCUT2D eigenvalue weighted by Crippen LogP contribution is 2.24. The minimum Gasteiger partial charge on any atom is -0.494 e. The molecule has 0 aliphatic carbocycles. The number of hydrogen-bond acceptors (Lipinski definition) is 5. The van der Waals surface area contributed by atoms with Crippen molar-refractivity contribution in [2.24, 2.45) is 5.92 Å². The predicted octanol–water partition coefficient (Wildman–Crippen LogP) is 3.95. The Morgan fingerprint density at radius 3 is 2.90 bits per heavy atom. The van der Waals surface area contributed by atoms with E-state index >= 15 is 0 Å². The van der Waals surface area contributed by atoms with Gasteiger partial charge in [0.05, 0.1) is 24.4 Å². The van der Waals surface area contributed by atoms with Gasteiger partial charge >= 0.3 is 0 Å². The van der Waals surface area contributed by atoms with Crippen LogP contribution in [0.15, 0.2) is 41.2 Å². The van der Waals surface area contributed by atoms with Crippen LogP contribution in [0.2, 0.25) is 5.02 Å². The molecule has 1 aliphatic rings. The van der Waals surface area contributed by atoms with Crippen molar-refractivity contribution in [3.05, 3.63) is 64.5 Å². The Morgan fingerprint density at radius 1 is 1.37 bits per heavy atom. The highest BCUT2D eigenvalue weighted by molar-refractivity contribution is 6.30. The molecule has 0 bridgehead atoms. The lowest BCUT2D eigenvalue weighted by molar-refractivity contribution is 0.0774. The van der Waals surface area contributed by atoms with Gasteiger partial charge in [0.15, 0.2) is 5.69 Å². The lowest BCUT2D eigenvalue weighted by Gasteiger charge is -2.16. The van der Waals surface area contributed by atoms with Crippen LogP contribution >= 0.6 is 11.6 Å². The maximum Gasteiger partial charge on any atom is 0.276 e. The number of carbonyl (C=O) groups excluding carboxylic acids is 1. The molecule has 0 N–H and O–H groups in total. The van der Waals surface area contributed by atoms with Gasteiger partial charge in [0.1, 0.15) is 17.3 Å². The third kappa shape index (κ3) is 4.64. The summed E-state index contributed by atoms with van der Waals surface area (Å²) in [5.41, 5.74) is 1.03. The van der Waals surface area contributed by atoms with Crippen molar-refractivity contribution in [3.63, 3.8) is 0 Å². The van der Waals surface area contributed by atoms with Gasteiger partial charge < -0.3 is 14.2 Å². The number of carbonyl (C=O) groups is 1. The Labute approximate surface area is 178 Å². The summed E-state index contributed by atoms with van der Waals surface area (Å²) in [5, 5.41) is 8.69. The molecule has 4 rings (SSSR count). The summed E-state index contributed by atoms with van der Waals surface area (Å²) in [7, 11) is 0. The van der Waals surface area contributed by atoms with Crippen LogP contribution in [0.1, 0.15) is 34.7 Å². The van der Waals surface area contributed by atoms with Crippen molar-refractivity contribution in [3.8, 4) is 5.75 Å². The molecule has 3 aromatic rings. The monoisotopic (exact) mass is 432 g/mol. The SMILES string of the molecule is Cc1onc(C(=O)N2CCC(CCOc3ccc(F)cc3)C2)c1Cn1cc(Cl)cn1. The molecular formula is C21H22ClFN4O3. The maximum atomic E-state index is 13.0. The average molecular weight is 433 g/mol. The van der Waals surface area contributed by atoms with Crippen molar-refractivity contribution in [1.29, 1.82) is 0 Å². The van der Waals surface area contributed by atoms with Gasteiger partial charge in [0, 0.05) is 24.8 Å². The van der Waals surface area contributed by atoms with E-state index in [1.165, 1.54) is 12.1 Å². The van der Waals surface area contributed by atoms with Crippen LogP contribution in [0.5, 0.6) is 5.75 Å². The van der Waals surface area contributed by atoms with Crippen LogP contribution in [-0.4, -0.2) is 45.4 Å². The first-order chi connectivity index (χ1) is 14.5. The minimum absolute atomic E-state index is 0.137. The van der Waals surface area contributed by atoms with Gasteiger partial charge in [-0.3, -0.25) is 9.48 Å². The van der Waals surface area contributed by atoms with E-state index in [1.54, 1.807) is 41.0 Å². The number of nitrogens with zero attached hydrogens (tertiary/aromatic N) is 4. The third-order valence-corrected chi connectivity index (χ3v) is 5.49. The number of aryl methyl sites for hydroxylation is 1. The quantitative estimate of drug-likeness (QED) is 0.565. The molecule has 9 heteroatoms. The van der Waals surface area contributed by atoms with Gasteiger partial charge in [-0.2, -0.15) is 5.10 Å². The molecule has 30 heavy (non-hydrogen) atoms. The van der Waals surface area contributed by atoms with Crippen LogP contribution in [0, 0.1) is 18.7 Å². The fourth-order valence-electron chi connectivity index (χ4n) is 3.61. The molecule has 0 radical (unpaired) electrons. The van der Waals surface area contributed by atoms with Crippen LogP contribution in [0.3, 0.4) is 0 Å². The number of benzene rings is 1. The van der Waals surface area contributed by atoms with E-state index in [2.05, 4.69) is 10.3 Å². The fourth-order valence-corrected chi connectivity index (χ4v) is 3.77. The number of rotatable bonds is 7. The third-order valence-electron chi connectivity index (χ3n) is 5.29. The van der Waals surface area contributed by atoms with Gasteiger partial charge in [0.25, 0.3) is 5.91 Å². The minimum atomic E-state index is -0.287. The van der Waals surface area contributed by atoms with Crippen LogP contribution < -0.4 is 4.74 Å². The van der Waals surface area contributed by atoms with Crippen molar-refractivity contribution in [1.82, 2.24) is 19.8 Å². The molecule has 2 aromatic heterocycles. The molecule has 1 atom stereocenters. The van der Waals surface area contributed by atoms with Crippen LogP contribution in [0.4, 0.5) is 4.39 Å². The van der Waals surface area contributed by atoms with E-state index in [1.807, 2.05) is 0 Å². The van der Waals surface area contributed by atoms with Crippen LogP contribution in [0.25, 0.3) is 0 Å². The average Bonchev–Trinajstić information content (AvgIpc) is 3.45. The standard InChI is InChI=1S/C21H22ClFN4O3/c1-14-19(13-27-12-16(22)10-24-27)20(25-30-14)21(28)26-8-6-15(11-26)7-9-29-18-4-2-17(23)3-5-18/h2-5,10,12,15H,6-9,11,13H2,1H3. The van der Waals surface area contributed by atoms with Gasteiger partial charge in [0.2, 0.25) is 0 Å². The molecular weight excluding hydrogens is 411 g/mol. The van der Waals surface area contributed by atoms with Crippen molar-refractivity contribution in [2.75, 3.05) is 19.7 Å². The first kappa shape index (κ1) is 20.4. The second-order valence-electron chi connectivity index (χ2n) is 7.42. The smallest absolute Gasteiger partial charge is 0.276 e. The second kappa shape index (κ2) is 8.87. The Balaban J connectivity index is 1.33. The normalized spacial score (nSPS) is 16.2. The lowest BCUT2D eigenvalue weighted by atomic mass is 10.1. The Kier molecular flexibility index (Phi) is 6.03. The van der Waals surface area contributed by atoms with E-state index < -0.39 is 0 Å². The van der Waals surface area contributed by atoms with Crippen LogP contribution in [-0.2, 0) is 6.54 Å². The second-order valence-corrected chi connectivity index (χ2v) is 7.86. The van der Waals surface area contributed by atoms with Crippen molar-refractivity contribution in [2.45, 2.75) is 26.3 Å². The number of amides is 1. The zero-order valence-electron chi connectivity index (χ0n) is 16.6. The molecule has 1 amide bonds. The Bertz CT molecular complexity index is 1020.